The Morgan fingerprint density at radius 1 is 1.26 bits per heavy atom. The molecule has 2 aromatic rings. The first-order valence-corrected chi connectivity index (χ1v) is 6.79. The van der Waals surface area contributed by atoms with Crippen molar-refractivity contribution in [2.24, 2.45) is 0 Å². The quantitative estimate of drug-likeness (QED) is 0.835. The molecule has 3 heterocycles. The summed E-state index contributed by atoms with van der Waals surface area (Å²) in [6.07, 6.45) is 5.06. The Bertz CT molecular complexity index is 547. The third-order valence-corrected chi connectivity index (χ3v) is 3.43. The molecule has 0 atom stereocenters. The number of likely N-dealkylation sites (tertiary alicyclic amines) is 1. The molecule has 19 heavy (non-hydrogen) atoms. The normalized spacial score (nSPS) is 16.3. The molecule has 0 radical (unpaired) electrons. The minimum Gasteiger partial charge on any atom is -0.353 e. The molecule has 0 aliphatic carbocycles. The van der Waals surface area contributed by atoms with Gasteiger partial charge in [-0.15, -0.1) is 5.10 Å². The Morgan fingerprint density at radius 2 is 2.11 bits per heavy atom. The van der Waals surface area contributed by atoms with Crippen LogP contribution in [0.1, 0.15) is 19.3 Å². The average molecular weight is 263 g/mol. The molecular weight excluding hydrogens is 245 g/mol. The van der Waals surface area contributed by atoms with Crippen LogP contribution in [0.25, 0.3) is 5.65 Å². The second kappa shape index (κ2) is 5.52. The number of hydrogen-bond donors (Lipinski definition) is 1. The molecule has 0 amide bonds. The molecular formula is C13H18FN5. The lowest BCUT2D eigenvalue weighted by Gasteiger charge is -2.13. The molecule has 5 nitrogen and oxygen atoms in total. The summed E-state index contributed by atoms with van der Waals surface area (Å²) in [5.74, 6) is 0.255. The Kier molecular flexibility index (Phi) is 3.59. The summed E-state index contributed by atoms with van der Waals surface area (Å²) in [4.78, 5) is 6.76. The summed E-state index contributed by atoms with van der Waals surface area (Å²) >= 11 is 0. The highest BCUT2D eigenvalue weighted by atomic mass is 19.1. The van der Waals surface area contributed by atoms with Crippen molar-refractivity contribution in [3.05, 3.63) is 24.1 Å². The van der Waals surface area contributed by atoms with Crippen molar-refractivity contribution >= 4 is 11.6 Å². The Labute approximate surface area is 111 Å². The van der Waals surface area contributed by atoms with Crippen molar-refractivity contribution in [3.63, 3.8) is 0 Å². The summed E-state index contributed by atoms with van der Waals surface area (Å²) in [6.45, 7) is 4.42. The number of aromatic nitrogens is 3. The molecule has 1 N–H and O–H groups in total. The molecule has 102 valence electrons. The molecule has 0 saturated carbocycles. The minimum absolute atomic E-state index is 0.307. The van der Waals surface area contributed by atoms with E-state index in [1.165, 1.54) is 42.7 Å². The van der Waals surface area contributed by atoms with Crippen LogP contribution in [0.15, 0.2) is 18.3 Å². The molecule has 0 unspecified atom stereocenters. The van der Waals surface area contributed by atoms with E-state index >= 15 is 0 Å². The molecule has 0 spiro atoms. The first-order valence-electron chi connectivity index (χ1n) is 6.79. The maximum absolute atomic E-state index is 13.0. The van der Waals surface area contributed by atoms with Gasteiger partial charge in [-0.2, -0.15) is 4.98 Å². The minimum atomic E-state index is -0.307. The van der Waals surface area contributed by atoms with Crippen molar-refractivity contribution in [3.8, 4) is 0 Å². The molecule has 3 rings (SSSR count). The predicted molar refractivity (Wildman–Crippen MR) is 71.7 cm³/mol. The molecule has 0 aromatic carbocycles. The third-order valence-electron chi connectivity index (χ3n) is 3.43. The van der Waals surface area contributed by atoms with Crippen LogP contribution in [0.3, 0.4) is 0 Å². The summed E-state index contributed by atoms with van der Waals surface area (Å²) in [7, 11) is 0. The van der Waals surface area contributed by atoms with Gasteiger partial charge in [-0.3, -0.25) is 0 Å². The van der Waals surface area contributed by atoms with Gasteiger partial charge in [-0.05, 0) is 51.0 Å². The number of halogens is 1. The number of anilines is 1. The van der Waals surface area contributed by atoms with Crippen molar-refractivity contribution in [2.45, 2.75) is 19.3 Å². The lowest BCUT2D eigenvalue weighted by molar-refractivity contribution is 0.337. The monoisotopic (exact) mass is 263 g/mol. The second-order valence-corrected chi connectivity index (χ2v) is 4.91. The first-order chi connectivity index (χ1) is 9.31. The highest BCUT2D eigenvalue weighted by Gasteiger charge is 2.10. The molecule has 0 bridgehead atoms. The number of fused-ring (bicyclic) bond motifs is 1. The van der Waals surface area contributed by atoms with Gasteiger partial charge in [0.25, 0.3) is 0 Å². The summed E-state index contributed by atoms with van der Waals surface area (Å²) in [6, 6.07) is 3.01. The van der Waals surface area contributed by atoms with Gasteiger partial charge in [0.15, 0.2) is 5.65 Å². The first kappa shape index (κ1) is 12.3. The predicted octanol–water partition coefficient (Wildman–Crippen LogP) is 1.77. The van der Waals surface area contributed by atoms with Crippen LogP contribution in [0.4, 0.5) is 10.3 Å². The zero-order valence-corrected chi connectivity index (χ0v) is 10.8. The Balaban J connectivity index is 1.50. The molecule has 1 aliphatic rings. The van der Waals surface area contributed by atoms with Gasteiger partial charge in [0.05, 0.1) is 6.20 Å². The van der Waals surface area contributed by atoms with Crippen LogP contribution in [-0.4, -0.2) is 45.7 Å². The number of nitrogens with zero attached hydrogens (tertiary/aromatic N) is 4. The molecule has 2 aromatic heterocycles. The van der Waals surface area contributed by atoms with Crippen LogP contribution < -0.4 is 5.32 Å². The van der Waals surface area contributed by atoms with Crippen molar-refractivity contribution in [2.75, 3.05) is 31.5 Å². The van der Waals surface area contributed by atoms with Crippen molar-refractivity contribution in [1.29, 1.82) is 0 Å². The summed E-state index contributed by atoms with van der Waals surface area (Å²) in [5, 5.41) is 7.37. The van der Waals surface area contributed by atoms with Crippen molar-refractivity contribution in [1.82, 2.24) is 19.5 Å². The van der Waals surface area contributed by atoms with Crippen LogP contribution in [0.2, 0.25) is 0 Å². The second-order valence-electron chi connectivity index (χ2n) is 4.91. The topological polar surface area (TPSA) is 45.5 Å². The lowest BCUT2D eigenvalue weighted by Crippen LogP contribution is -2.22. The van der Waals surface area contributed by atoms with Crippen LogP contribution in [0, 0.1) is 5.82 Å². The molecule has 1 fully saturated rings. The van der Waals surface area contributed by atoms with Gasteiger partial charge >= 0.3 is 0 Å². The van der Waals surface area contributed by atoms with E-state index in [1.54, 1.807) is 6.07 Å². The van der Waals surface area contributed by atoms with Gasteiger partial charge in [0, 0.05) is 6.54 Å². The van der Waals surface area contributed by atoms with Gasteiger partial charge in [0.1, 0.15) is 5.82 Å². The number of rotatable bonds is 5. The third kappa shape index (κ3) is 3.01. The van der Waals surface area contributed by atoms with Gasteiger partial charge in [-0.1, -0.05) is 0 Å². The molecule has 1 saturated heterocycles. The Hall–Kier alpha value is -1.69. The fraction of sp³-hybridized carbons (Fsp3) is 0.538. The SMILES string of the molecule is Fc1ccc2nc(NCCCN3CCCC3)nn2c1. The van der Waals surface area contributed by atoms with E-state index in [4.69, 9.17) is 0 Å². The molecule has 6 heteroatoms. The van der Waals surface area contributed by atoms with E-state index in [0.29, 0.717) is 11.6 Å². The number of pyridine rings is 1. The van der Waals surface area contributed by atoms with E-state index in [-0.39, 0.29) is 5.82 Å². The van der Waals surface area contributed by atoms with E-state index < -0.39 is 0 Å². The largest absolute Gasteiger partial charge is 0.353 e. The maximum atomic E-state index is 13.0. The van der Waals surface area contributed by atoms with Crippen LogP contribution >= 0.6 is 0 Å². The van der Waals surface area contributed by atoms with Crippen LogP contribution in [0.5, 0.6) is 0 Å². The smallest absolute Gasteiger partial charge is 0.243 e. The number of hydrogen-bond acceptors (Lipinski definition) is 4. The van der Waals surface area contributed by atoms with Gasteiger partial charge in [0.2, 0.25) is 5.95 Å². The van der Waals surface area contributed by atoms with Gasteiger partial charge < -0.3 is 10.2 Å². The maximum Gasteiger partial charge on any atom is 0.243 e. The van der Waals surface area contributed by atoms with Crippen molar-refractivity contribution < 1.29 is 4.39 Å². The average Bonchev–Trinajstić information content (AvgIpc) is 3.02. The highest BCUT2D eigenvalue weighted by molar-refractivity contribution is 5.42. The van der Waals surface area contributed by atoms with Gasteiger partial charge in [-0.25, -0.2) is 8.91 Å². The lowest BCUT2D eigenvalue weighted by atomic mass is 10.4. The Morgan fingerprint density at radius 3 is 2.95 bits per heavy atom. The zero-order chi connectivity index (χ0) is 13.1. The molecule has 1 aliphatic heterocycles. The van der Waals surface area contributed by atoms with E-state index in [2.05, 4.69) is 20.3 Å². The number of nitrogens with one attached hydrogen (secondary N) is 1. The standard InChI is InChI=1S/C13H18FN5/c14-11-4-5-12-16-13(17-19(12)10-11)15-6-3-9-18-7-1-2-8-18/h4-5,10H,1-3,6-9H2,(H,15,17). The summed E-state index contributed by atoms with van der Waals surface area (Å²) in [5.41, 5.74) is 0.656. The van der Waals surface area contributed by atoms with Crippen LogP contribution in [-0.2, 0) is 0 Å². The highest BCUT2D eigenvalue weighted by Crippen LogP contribution is 2.09. The van der Waals surface area contributed by atoms with E-state index in [1.807, 2.05) is 0 Å². The fourth-order valence-electron chi connectivity index (χ4n) is 2.44. The summed E-state index contributed by atoms with van der Waals surface area (Å²) < 4.78 is 14.5. The zero-order valence-electron chi connectivity index (χ0n) is 10.8. The van der Waals surface area contributed by atoms with E-state index in [9.17, 15) is 4.39 Å². The fourth-order valence-corrected chi connectivity index (χ4v) is 2.44. The van der Waals surface area contributed by atoms with E-state index in [0.717, 1.165) is 19.5 Å².